The maximum atomic E-state index is 10.9. The van der Waals surface area contributed by atoms with Gasteiger partial charge in [-0.05, 0) is 39.7 Å². The number of rotatable bonds is 4. The number of nitrogens with zero attached hydrogens (tertiary/aromatic N) is 1. The molecular weight excluding hydrogens is 174 g/mol. The lowest BCUT2D eigenvalue weighted by Gasteiger charge is -2.32. The first-order chi connectivity index (χ1) is 6.46. The van der Waals surface area contributed by atoms with Crippen LogP contribution in [0.2, 0.25) is 0 Å². The Labute approximate surface area is 87.7 Å². The average Bonchev–Trinajstić information content (AvgIpc) is 2.51. The molecular formula is C12H23NO. The van der Waals surface area contributed by atoms with E-state index in [0.29, 0.717) is 12.1 Å². The lowest BCUT2D eigenvalue weighted by atomic mass is 9.86. The van der Waals surface area contributed by atoms with Crippen LogP contribution in [0, 0.1) is 5.41 Å². The summed E-state index contributed by atoms with van der Waals surface area (Å²) in [5, 5.41) is 0. The molecule has 1 saturated heterocycles. The second kappa shape index (κ2) is 4.43. The molecule has 0 aromatic rings. The van der Waals surface area contributed by atoms with Gasteiger partial charge in [0.1, 0.15) is 6.29 Å². The Hall–Kier alpha value is -0.370. The summed E-state index contributed by atoms with van der Waals surface area (Å²) in [5.41, 5.74) is -0.151. The van der Waals surface area contributed by atoms with Gasteiger partial charge in [0, 0.05) is 17.5 Å². The molecule has 0 amide bonds. The summed E-state index contributed by atoms with van der Waals surface area (Å²) < 4.78 is 0. The molecule has 0 bridgehead atoms. The first kappa shape index (κ1) is 11.7. The standard InChI is InChI=1S/C12H23NO/c1-10(2)13-7-5-6-11(13)8-12(3,4)9-14/h9-11H,5-8H2,1-4H3. The maximum absolute atomic E-state index is 10.9. The second-order valence-electron chi connectivity index (χ2n) is 5.44. The smallest absolute Gasteiger partial charge is 0.125 e. The van der Waals surface area contributed by atoms with Gasteiger partial charge in [-0.3, -0.25) is 4.90 Å². The zero-order chi connectivity index (χ0) is 10.8. The van der Waals surface area contributed by atoms with Crippen molar-refractivity contribution in [1.82, 2.24) is 4.90 Å². The third-order valence-corrected chi connectivity index (χ3v) is 3.17. The summed E-state index contributed by atoms with van der Waals surface area (Å²) in [5.74, 6) is 0. The minimum absolute atomic E-state index is 0.151. The quantitative estimate of drug-likeness (QED) is 0.645. The molecule has 82 valence electrons. The van der Waals surface area contributed by atoms with E-state index in [1.54, 1.807) is 0 Å². The summed E-state index contributed by atoms with van der Waals surface area (Å²) in [7, 11) is 0. The molecule has 2 nitrogen and oxygen atoms in total. The van der Waals surface area contributed by atoms with E-state index in [4.69, 9.17) is 0 Å². The number of carbonyl (C=O) groups excluding carboxylic acids is 1. The Morgan fingerprint density at radius 3 is 2.64 bits per heavy atom. The molecule has 0 aromatic carbocycles. The number of carbonyl (C=O) groups is 1. The van der Waals surface area contributed by atoms with Gasteiger partial charge in [0.15, 0.2) is 0 Å². The van der Waals surface area contributed by atoms with Crippen molar-refractivity contribution >= 4 is 6.29 Å². The minimum atomic E-state index is -0.151. The van der Waals surface area contributed by atoms with E-state index in [-0.39, 0.29) is 5.41 Å². The van der Waals surface area contributed by atoms with Crippen LogP contribution in [0.1, 0.15) is 47.0 Å². The fourth-order valence-corrected chi connectivity index (χ4v) is 2.41. The van der Waals surface area contributed by atoms with Gasteiger partial charge in [-0.15, -0.1) is 0 Å². The van der Waals surface area contributed by atoms with Crippen LogP contribution >= 0.6 is 0 Å². The van der Waals surface area contributed by atoms with Gasteiger partial charge in [0.25, 0.3) is 0 Å². The van der Waals surface area contributed by atoms with E-state index in [2.05, 4.69) is 18.7 Å². The third kappa shape index (κ3) is 2.81. The normalized spacial score (nSPS) is 24.5. The molecule has 1 unspecified atom stereocenters. The molecule has 1 atom stereocenters. The Morgan fingerprint density at radius 2 is 2.14 bits per heavy atom. The highest BCUT2D eigenvalue weighted by Gasteiger charge is 2.31. The zero-order valence-corrected chi connectivity index (χ0v) is 9.92. The van der Waals surface area contributed by atoms with E-state index in [0.717, 1.165) is 12.7 Å². The summed E-state index contributed by atoms with van der Waals surface area (Å²) in [4.78, 5) is 13.4. The van der Waals surface area contributed by atoms with Crippen molar-refractivity contribution in [3.63, 3.8) is 0 Å². The molecule has 1 aliphatic rings. The molecule has 14 heavy (non-hydrogen) atoms. The lowest BCUT2D eigenvalue weighted by molar-refractivity contribution is -0.115. The first-order valence-corrected chi connectivity index (χ1v) is 5.68. The third-order valence-electron chi connectivity index (χ3n) is 3.17. The molecule has 1 heterocycles. The SMILES string of the molecule is CC(C)N1CCCC1CC(C)(C)C=O. The molecule has 0 aromatic heterocycles. The van der Waals surface area contributed by atoms with Crippen molar-refractivity contribution in [2.45, 2.75) is 59.0 Å². The fraction of sp³-hybridized carbons (Fsp3) is 0.917. The number of likely N-dealkylation sites (tertiary alicyclic amines) is 1. The highest BCUT2D eigenvalue weighted by atomic mass is 16.1. The second-order valence-corrected chi connectivity index (χ2v) is 5.44. The summed E-state index contributed by atoms with van der Waals surface area (Å²) in [6.07, 6.45) is 4.66. The van der Waals surface area contributed by atoms with Crippen LogP contribution in [0.3, 0.4) is 0 Å². The van der Waals surface area contributed by atoms with Crippen LogP contribution in [0.25, 0.3) is 0 Å². The topological polar surface area (TPSA) is 20.3 Å². The molecule has 2 heteroatoms. The van der Waals surface area contributed by atoms with Gasteiger partial charge in [-0.25, -0.2) is 0 Å². The fourth-order valence-electron chi connectivity index (χ4n) is 2.41. The summed E-state index contributed by atoms with van der Waals surface area (Å²) in [6.45, 7) is 9.77. The van der Waals surface area contributed by atoms with E-state index >= 15 is 0 Å². The van der Waals surface area contributed by atoms with E-state index in [1.807, 2.05) is 13.8 Å². The van der Waals surface area contributed by atoms with Crippen LogP contribution < -0.4 is 0 Å². The van der Waals surface area contributed by atoms with Gasteiger partial charge < -0.3 is 4.79 Å². The molecule has 0 aliphatic carbocycles. The number of hydrogen-bond donors (Lipinski definition) is 0. The van der Waals surface area contributed by atoms with Gasteiger partial charge in [0.05, 0.1) is 0 Å². The van der Waals surface area contributed by atoms with E-state index in [1.165, 1.54) is 19.4 Å². The van der Waals surface area contributed by atoms with Crippen LogP contribution in [0.15, 0.2) is 0 Å². The van der Waals surface area contributed by atoms with Crippen molar-refractivity contribution in [3.8, 4) is 0 Å². The average molecular weight is 197 g/mol. The lowest BCUT2D eigenvalue weighted by Crippen LogP contribution is -2.38. The zero-order valence-electron chi connectivity index (χ0n) is 9.92. The van der Waals surface area contributed by atoms with Crippen molar-refractivity contribution in [2.24, 2.45) is 5.41 Å². The largest absolute Gasteiger partial charge is 0.303 e. The van der Waals surface area contributed by atoms with E-state index in [9.17, 15) is 4.79 Å². The highest BCUT2D eigenvalue weighted by Crippen LogP contribution is 2.29. The first-order valence-electron chi connectivity index (χ1n) is 5.68. The molecule has 1 rings (SSSR count). The van der Waals surface area contributed by atoms with Gasteiger partial charge in [0.2, 0.25) is 0 Å². The van der Waals surface area contributed by atoms with Crippen molar-refractivity contribution in [3.05, 3.63) is 0 Å². The predicted molar refractivity (Wildman–Crippen MR) is 59.3 cm³/mol. The monoisotopic (exact) mass is 197 g/mol. The van der Waals surface area contributed by atoms with Crippen molar-refractivity contribution < 1.29 is 4.79 Å². The van der Waals surface area contributed by atoms with Gasteiger partial charge in [-0.1, -0.05) is 13.8 Å². The molecule has 0 N–H and O–H groups in total. The number of aldehydes is 1. The van der Waals surface area contributed by atoms with Gasteiger partial charge in [-0.2, -0.15) is 0 Å². The Bertz CT molecular complexity index is 198. The van der Waals surface area contributed by atoms with Crippen LogP contribution in [-0.2, 0) is 4.79 Å². The maximum Gasteiger partial charge on any atom is 0.125 e. The highest BCUT2D eigenvalue weighted by molar-refractivity contribution is 5.57. The number of hydrogen-bond acceptors (Lipinski definition) is 2. The Morgan fingerprint density at radius 1 is 1.50 bits per heavy atom. The van der Waals surface area contributed by atoms with Crippen molar-refractivity contribution in [1.29, 1.82) is 0 Å². The van der Waals surface area contributed by atoms with Crippen molar-refractivity contribution in [2.75, 3.05) is 6.54 Å². The molecule has 0 radical (unpaired) electrons. The van der Waals surface area contributed by atoms with E-state index < -0.39 is 0 Å². The minimum Gasteiger partial charge on any atom is -0.303 e. The predicted octanol–water partition coefficient (Wildman–Crippen LogP) is 2.47. The van der Waals surface area contributed by atoms with Crippen LogP contribution in [-0.4, -0.2) is 29.8 Å². The Balaban J connectivity index is 2.55. The molecule has 0 spiro atoms. The summed E-state index contributed by atoms with van der Waals surface area (Å²) in [6, 6.07) is 1.24. The van der Waals surface area contributed by atoms with Crippen LogP contribution in [0.5, 0.6) is 0 Å². The Kier molecular flexibility index (Phi) is 3.71. The van der Waals surface area contributed by atoms with Gasteiger partial charge >= 0.3 is 0 Å². The molecule has 1 fully saturated rings. The molecule has 1 aliphatic heterocycles. The summed E-state index contributed by atoms with van der Waals surface area (Å²) >= 11 is 0. The molecule has 0 saturated carbocycles. The van der Waals surface area contributed by atoms with Crippen LogP contribution in [0.4, 0.5) is 0 Å².